The molecule has 1 aliphatic rings. The Labute approximate surface area is 84.4 Å². The molecule has 0 saturated heterocycles. The van der Waals surface area contributed by atoms with Crippen LogP contribution in [0.15, 0.2) is 23.2 Å². The summed E-state index contributed by atoms with van der Waals surface area (Å²) in [4.78, 5) is 0. The number of hydrogen-bond donors (Lipinski definition) is 0. The molecule has 0 aromatic rings. The lowest BCUT2D eigenvalue weighted by molar-refractivity contribution is 0.276. The monoisotopic (exact) mass is 240 g/mol. The molecule has 2 unspecified atom stereocenters. The molecule has 0 amide bonds. The van der Waals surface area contributed by atoms with E-state index in [1.54, 1.807) is 12.2 Å². The summed E-state index contributed by atoms with van der Waals surface area (Å²) < 4.78 is 27.0. The summed E-state index contributed by atoms with van der Waals surface area (Å²) in [6, 6.07) is 0. The maximum absolute atomic E-state index is 11.0. The van der Waals surface area contributed by atoms with Crippen molar-refractivity contribution in [2.24, 2.45) is 0 Å². The zero-order valence-electron chi connectivity index (χ0n) is 7.03. The van der Waals surface area contributed by atoms with Crippen molar-refractivity contribution in [3.63, 3.8) is 0 Å². The summed E-state index contributed by atoms with van der Waals surface area (Å²) in [6.07, 6.45) is 3.67. The molecule has 13 heavy (non-hydrogen) atoms. The normalized spacial score (nSPS) is 23.5. The van der Waals surface area contributed by atoms with E-state index in [2.05, 4.69) is 9.24 Å². The van der Waals surface area contributed by atoms with Gasteiger partial charge in [-0.1, -0.05) is 6.08 Å². The van der Waals surface area contributed by atoms with E-state index in [1.807, 2.05) is 0 Å². The van der Waals surface area contributed by atoms with Gasteiger partial charge < -0.3 is 4.74 Å². The molecule has 0 fully saturated rings. The molecule has 74 valence electrons. The van der Waals surface area contributed by atoms with E-state index in [1.165, 1.54) is 7.11 Å². The van der Waals surface area contributed by atoms with Crippen molar-refractivity contribution < 1.29 is 13.2 Å². The first-order chi connectivity index (χ1) is 5.93. The molecule has 1 rings (SSSR count). The Bertz CT molecular complexity index is 358. The van der Waals surface area contributed by atoms with Gasteiger partial charge in [-0.15, -0.1) is 9.24 Å². The van der Waals surface area contributed by atoms with Gasteiger partial charge >= 0.3 is 0 Å². The van der Waals surface area contributed by atoms with Crippen LogP contribution >= 0.6 is 19.9 Å². The van der Waals surface area contributed by atoms with Crippen LogP contribution in [0.5, 0.6) is 0 Å². The van der Waals surface area contributed by atoms with E-state index in [-0.39, 0.29) is 0 Å². The summed E-state index contributed by atoms with van der Waals surface area (Å²) >= 11 is 0. The van der Waals surface area contributed by atoms with Gasteiger partial charge in [0, 0.05) is 17.1 Å². The lowest BCUT2D eigenvalue weighted by Gasteiger charge is -2.16. The Morgan fingerprint density at radius 2 is 2.31 bits per heavy atom. The molecule has 2 atom stereocenters. The van der Waals surface area contributed by atoms with E-state index in [0.717, 1.165) is 5.31 Å². The predicted octanol–water partition coefficient (Wildman–Crippen LogP) is 1.62. The molecule has 0 bridgehead atoms. The molecule has 0 aromatic heterocycles. The molecule has 6 heteroatoms. The van der Waals surface area contributed by atoms with Gasteiger partial charge in [-0.05, 0) is 11.4 Å². The summed E-state index contributed by atoms with van der Waals surface area (Å²) in [5, 5.41) is 0.0962. The predicted molar refractivity (Wildman–Crippen MR) is 56.1 cm³/mol. The minimum Gasteiger partial charge on any atom is -0.501 e. The largest absolute Gasteiger partial charge is 0.501 e. The lowest BCUT2D eigenvalue weighted by atomic mass is 10.1. The van der Waals surface area contributed by atoms with Gasteiger partial charge in [0.15, 0.2) is 0 Å². The Hall–Kier alpha value is -0.0500. The second kappa shape index (κ2) is 3.99. The van der Waals surface area contributed by atoms with Crippen LogP contribution in [-0.2, 0) is 13.8 Å². The number of rotatable bonds is 2. The molecule has 1 aliphatic carbocycles. The maximum Gasteiger partial charge on any atom is 0.239 e. The van der Waals surface area contributed by atoms with Crippen LogP contribution in [0, 0.1) is 0 Å². The third-order valence-electron chi connectivity index (χ3n) is 1.73. The topological polar surface area (TPSA) is 43.4 Å². The van der Waals surface area contributed by atoms with Crippen molar-refractivity contribution in [2.45, 2.75) is 11.7 Å². The van der Waals surface area contributed by atoms with Gasteiger partial charge in [-0.25, -0.2) is 8.42 Å². The minimum atomic E-state index is -3.54. The van der Waals surface area contributed by atoms with E-state index < -0.39 is 14.3 Å². The molecule has 3 nitrogen and oxygen atoms in total. The average Bonchev–Trinajstić information content (AvgIpc) is 2.01. The first-order valence-electron chi connectivity index (χ1n) is 3.59. The van der Waals surface area contributed by atoms with Crippen LogP contribution in [0.1, 0.15) is 6.42 Å². The Morgan fingerprint density at radius 3 is 2.77 bits per heavy atom. The fraction of sp³-hybridized carbons (Fsp3) is 0.429. The molecule has 0 spiro atoms. The van der Waals surface area contributed by atoms with Crippen molar-refractivity contribution in [2.75, 3.05) is 7.11 Å². The highest BCUT2D eigenvalue weighted by molar-refractivity contribution is 8.14. The third kappa shape index (κ3) is 2.97. The van der Waals surface area contributed by atoms with Gasteiger partial charge in [0.05, 0.1) is 12.9 Å². The molecule has 0 heterocycles. The number of ether oxygens (including phenoxy) is 1. The highest BCUT2D eigenvalue weighted by Gasteiger charge is 2.25. The summed E-state index contributed by atoms with van der Waals surface area (Å²) in [6.45, 7) is 0. The van der Waals surface area contributed by atoms with E-state index in [9.17, 15) is 8.42 Å². The summed E-state index contributed by atoms with van der Waals surface area (Å²) in [5.74, 6) is 0.627. The molecule has 0 N–H and O–H groups in total. The number of allylic oxidation sites excluding steroid dienone is 3. The van der Waals surface area contributed by atoms with Crippen LogP contribution in [0.3, 0.4) is 0 Å². The lowest BCUT2D eigenvalue weighted by Crippen LogP contribution is -2.17. The first kappa shape index (κ1) is 11.0. The standard InChI is InChI=1S/C7H10ClO3PS/c1-11-5-2-6(12)4-7(3-5)13(8,9)10/h2,4,7H,3,12H2,1H3. The van der Waals surface area contributed by atoms with Crippen molar-refractivity contribution in [1.82, 2.24) is 0 Å². The maximum atomic E-state index is 11.0. The smallest absolute Gasteiger partial charge is 0.239 e. The minimum absolute atomic E-state index is 0.306. The third-order valence-corrected chi connectivity index (χ3v) is 3.80. The molecular weight excluding hydrogens is 231 g/mol. The van der Waals surface area contributed by atoms with Crippen molar-refractivity contribution in [3.05, 3.63) is 23.2 Å². The van der Waals surface area contributed by atoms with Crippen LogP contribution in [0.25, 0.3) is 0 Å². The van der Waals surface area contributed by atoms with Crippen molar-refractivity contribution in [1.29, 1.82) is 0 Å². The van der Waals surface area contributed by atoms with Crippen molar-refractivity contribution in [3.8, 4) is 0 Å². The first-order valence-corrected chi connectivity index (χ1v) is 6.54. The van der Waals surface area contributed by atoms with Crippen LogP contribution in [-0.4, -0.2) is 20.8 Å². The van der Waals surface area contributed by atoms with E-state index in [4.69, 9.17) is 15.4 Å². The Balaban J connectivity index is 2.94. The van der Waals surface area contributed by atoms with E-state index >= 15 is 0 Å². The molecule has 0 aromatic carbocycles. The van der Waals surface area contributed by atoms with Gasteiger partial charge in [-0.2, -0.15) is 0 Å². The second-order valence-corrected chi connectivity index (χ2v) is 6.21. The molecular formula is C7H10ClO3PS. The van der Waals surface area contributed by atoms with Crippen LogP contribution < -0.4 is 0 Å². The highest BCUT2D eigenvalue weighted by Crippen LogP contribution is 2.27. The van der Waals surface area contributed by atoms with Crippen molar-refractivity contribution >= 4 is 29.0 Å². The summed E-state index contributed by atoms with van der Waals surface area (Å²) in [5.41, 5.74) is 0. The van der Waals surface area contributed by atoms with Gasteiger partial charge in [0.1, 0.15) is 5.25 Å². The number of methoxy groups -OCH3 is 1. The quantitative estimate of drug-likeness (QED) is 0.544. The SMILES string of the molecule is COC1=CC(P)=CC(S(=O)(=O)Cl)C1. The van der Waals surface area contributed by atoms with Gasteiger partial charge in [0.2, 0.25) is 9.05 Å². The van der Waals surface area contributed by atoms with Crippen LogP contribution in [0.2, 0.25) is 0 Å². The fourth-order valence-electron chi connectivity index (χ4n) is 1.09. The average molecular weight is 241 g/mol. The molecule has 0 aliphatic heterocycles. The Kier molecular flexibility index (Phi) is 3.38. The zero-order chi connectivity index (χ0) is 10.1. The number of hydrogen-bond acceptors (Lipinski definition) is 3. The van der Waals surface area contributed by atoms with E-state index in [0.29, 0.717) is 12.2 Å². The van der Waals surface area contributed by atoms with Crippen LogP contribution in [0.4, 0.5) is 0 Å². The fourth-order valence-corrected chi connectivity index (χ4v) is 2.67. The molecule has 0 saturated carbocycles. The zero-order valence-corrected chi connectivity index (χ0v) is 9.75. The number of halogens is 1. The summed E-state index contributed by atoms with van der Waals surface area (Å²) in [7, 11) is 5.62. The molecule has 0 radical (unpaired) electrons. The second-order valence-electron chi connectivity index (χ2n) is 2.70. The highest BCUT2D eigenvalue weighted by atomic mass is 35.7. The Morgan fingerprint density at radius 1 is 1.69 bits per heavy atom. The van der Waals surface area contributed by atoms with Gasteiger partial charge in [-0.3, -0.25) is 0 Å². The van der Waals surface area contributed by atoms with Gasteiger partial charge in [0.25, 0.3) is 0 Å².